The first-order valence-corrected chi connectivity index (χ1v) is 7.36. The highest BCUT2D eigenvalue weighted by Crippen LogP contribution is 2.27. The Morgan fingerprint density at radius 1 is 1.35 bits per heavy atom. The van der Waals surface area contributed by atoms with Crippen molar-refractivity contribution < 1.29 is 23.8 Å². The average molecular weight is 315 g/mol. The van der Waals surface area contributed by atoms with Crippen molar-refractivity contribution in [3.63, 3.8) is 0 Å². The number of hydrogen-bond acceptors (Lipinski definition) is 4. The van der Waals surface area contributed by atoms with Gasteiger partial charge in [0.2, 0.25) is 0 Å². The van der Waals surface area contributed by atoms with Gasteiger partial charge in [-0.2, -0.15) is 0 Å². The second-order valence-corrected chi connectivity index (χ2v) is 5.41. The largest absolute Gasteiger partial charge is 0.478 e. The summed E-state index contributed by atoms with van der Waals surface area (Å²) in [7, 11) is 0. The first kappa shape index (κ1) is 15.3. The maximum atomic E-state index is 12.4. The van der Waals surface area contributed by atoms with Crippen molar-refractivity contribution in [3.8, 4) is 0 Å². The lowest BCUT2D eigenvalue weighted by molar-refractivity contribution is -0.134. The van der Waals surface area contributed by atoms with Crippen LogP contribution < -0.4 is 5.32 Å². The van der Waals surface area contributed by atoms with Gasteiger partial charge in [0.25, 0.3) is 5.91 Å². The number of amides is 1. The van der Waals surface area contributed by atoms with Gasteiger partial charge < -0.3 is 19.6 Å². The van der Waals surface area contributed by atoms with Gasteiger partial charge in [-0.3, -0.25) is 4.79 Å². The van der Waals surface area contributed by atoms with Gasteiger partial charge in [-0.25, -0.2) is 4.79 Å². The van der Waals surface area contributed by atoms with Gasteiger partial charge in [0.05, 0.1) is 13.2 Å². The monoisotopic (exact) mass is 315 g/mol. The standard InChI is InChI=1S/C17H17NO5/c1-10-14(17(20)21)8-12(23-10)9-18-16(19)15-13-5-3-2-4-11(13)6-7-22-15/h2-5,8,15H,6-7,9H2,1H3,(H,18,19)(H,20,21). The van der Waals surface area contributed by atoms with Crippen molar-refractivity contribution in [1.82, 2.24) is 5.32 Å². The molecule has 1 unspecified atom stereocenters. The fourth-order valence-corrected chi connectivity index (χ4v) is 2.72. The molecule has 2 heterocycles. The Hall–Kier alpha value is -2.60. The van der Waals surface area contributed by atoms with E-state index in [1.807, 2.05) is 24.3 Å². The minimum absolute atomic E-state index is 0.105. The summed E-state index contributed by atoms with van der Waals surface area (Å²) in [6.45, 7) is 2.20. The lowest BCUT2D eigenvalue weighted by Crippen LogP contribution is -2.33. The number of fused-ring (bicyclic) bond motifs is 1. The molecule has 2 aromatic rings. The minimum atomic E-state index is -1.05. The zero-order valence-corrected chi connectivity index (χ0v) is 12.7. The van der Waals surface area contributed by atoms with Crippen molar-refractivity contribution >= 4 is 11.9 Å². The molecular weight excluding hydrogens is 298 g/mol. The lowest BCUT2D eigenvalue weighted by atomic mass is 9.97. The maximum absolute atomic E-state index is 12.4. The average Bonchev–Trinajstić information content (AvgIpc) is 2.93. The summed E-state index contributed by atoms with van der Waals surface area (Å²) in [5, 5.41) is 11.7. The number of hydrogen-bond donors (Lipinski definition) is 2. The SMILES string of the molecule is Cc1oc(CNC(=O)C2OCCc3ccccc32)cc1C(=O)O. The summed E-state index contributed by atoms with van der Waals surface area (Å²) in [6.07, 6.45) is 0.147. The Kier molecular flexibility index (Phi) is 4.16. The quantitative estimate of drug-likeness (QED) is 0.903. The predicted molar refractivity (Wildman–Crippen MR) is 81.1 cm³/mol. The van der Waals surface area contributed by atoms with Crippen LogP contribution in [0.1, 0.15) is 39.1 Å². The Labute approximate surface area is 133 Å². The van der Waals surface area contributed by atoms with Gasteiger partial charge >= 0.3 is 5.97 Å². The van der Waals surface area contributed by atoms with E-state index in [1.165, 1.54) is 6.07 Å². The number of carboxylic acid groups (broad SMARTS) is 1. The molecule has 0 aliphatic carbocycles. The summed E-state index contributed by atoms with van der Waals surface area (Å²) in [4.78, 5) is 23.4. The summed E-state index contributed by atoms with van der Waals surface area (Å²) >= 11 is 0. The Balaban J connectivity index is 1.69. The molecule has 1 aliphatic heterocycles. The van der Waals surface area contributed by atoms with E-state index in [0.29, 0.717) is 18.1 Å². The molecule has 3 rings (SSSR count). The number of aromatic carboxylic acids is 1. The molecule has 1 aromatic heterocycles. The topological polar surface area (TPSA) is 88.8 Å². The van der Waals surface area contributed by atoms with Crippen molar-refractivity contribution in [2.24, 2.45) is 0 Å². The molecule has 1 amide bonds. The third kappa shape index (κ3) is 3.12. The Morgan fingerprint density at radius 2 is 2.13 bits per heavy atom. The summed E-state index contributed by atoms with van der Waals surface area (Å²) in [6, 6.07) is 9.13. The van der Waals surface area contributed by atoms with Gasteiger partial charge in [0.15, 0.2) is 6.10 Å². The molecule has 0 saturated heterocycles. The van der Waals surface area contributed by atoms with E-state index in [2.05, 4.69) is 5.32 Å². The molecule has 0 saturated carbocycles. The van der Waals surface area contributed by atoms with Gasteiger partial charge in [-0.1, -0.05) is 24.3 Å². The summed E-state index contributed by atoms with van der Waals surface area (Å²) in [5.74, 6) is -0.588. The van der Waals surface area contributed by atoms with E-state index in [-0.39, 0.29) is 18.0 Å². The van der Waals surface area contributed by atoms with Crippen LogP contribution in [-0.2, 0) is 22.5 Å². The van der Waals surface area contributed by atoms with Gasteiger partial charge in [0, 0.05) is 0 Å². The fourth-order valence-electron chi connectivity index (χ4n) is 2.72. The molecule has 6 nitrogen and oxygen atoms in total. The molecule has 23 heavy (non-hydrogen) atoms. The molecule has 1 atom stereocenters. The maximum Gasteiger partial charge on any atom is 0.339 e. The number of carbonyl (C=O) groups excluding carboxylic acids is 1. The minimum Gasteiger partial charge on any atom is -0.478 e. The third-order valence-electron chi connectivity index (χ3n) is 3.87. The van der Waals surface area contributed by atoms with E-state index in [9.17, 15) is 9.59 Å². The lowest BCUT2D eigenvalue weighted by Gasteiger charge is -2.25. The molecule has 1 aromatic carbocycles. The van der Waals surface area contributed by atoms with Crippen LogP contribution in [0, 0.1) is 6.92 Å². The third-order valence-corrected chi connectivity index (χ3v) is 3.87. The molecule has 120 valence electrons. The second-order valence-electron chi connectivity index (χ2n) is 5.41. The first-order chi connectivity index (χ1) is 11.1. The van der Waals surface area contributed by atoms with Crippen molar-refractivity contribution in [2.75, 3.05) is 6.61 Å². The van der Waals surface area contributed by atoms with Crippen molar-refractivity contribution in [3.05, 3.63) is 58.5 Å². The van der Waals surface area contributed by atoms with Gasteiger partial charge in [-0.05, 0) is 30.5 Å². The highest BCUT2D eigenvalue weighted by atomic mass is 16.5. The number of furan rings is 1. The van der Waals surface area contributed by atoms with Crippen LogP contribution >= 0.6 is 0 Å². The summed E-state index contributed by atoms with van der Waals surface area (Å²) < 4.78 is 10.9. The number of rotatable bonds is 4. The number of carboxylic acids is 1. The molecule has 0 spiro atoms. The Morgan fingerprint density at radius 3 is 2.87 bits per heavy atom. The van der Waals surface area contributed by atoms with Crippen LogP contribution in [0.5, 0.6) is 0 Å². The van der Waals surface area contributed by atoms with Crippen molar-refractivity contribution in [2.45, 2.75) is 26.0 Å². The van der Waals surface area contributed by atoms with Crippen LogP contribution in [-0.4, -0.2) is 23.6 Å². The first-order valence-electron chi connectivity index (χ1n) is 7.36. The highest BCUT2D eigenvalue weighted by molar-refractivity contribution is 5.89. The van der Waals surface area contributed by atoms with E-state index < -0.39 is 12.1 Å². The number of aryl methyl sites for hydroxylation is 1. The van der Waals surface area contributed by atoms with Gasteiger partial charge in [-0.15, -0.1) is 0 Å². The smallest absolute Gasteiger partial charge is 0.339 e. The van der Waals surface area contributed by atoms with Crippen molar-refractivity contribution in [1.29, 1.82) is 0 Å². The number of nitrogens with one attached hydrogen (secondary N) is 1. The van der Waals surface area contributed by atoms with Gasteiger partial charge in [0.1, 0.15) is 17.1 Å². The van der Waals surface area contributed by atoms with E-state index >= 15 is 0 Å². The molecule has 0 fully saturated rings. The second kappa shape index (κ2) is 6.26. The zero-order valence-electron chi connectivity index (χ0n) is 12.7. The molecule has 2 N–H and O–H groups in total. The van der Waals surface area contributed by atoms with Crippen LogP contribution in [0.25, 0.3) is 0 Å². The van der Waals surface area contributed by atoms with E-state index in [4.69, 9.17) is 14.3 Å². The molecular formula is C17H17NO5. The molecule has 0 radical (unpaired) electrons. The predicted octanol–water partition coefficient (Wildman–Crippen LogP) is 2.22. The number of ether oxygens (including phenoxy) is 1. The molecule has 0 bridgehead atoms. The normalized spacial score (nSPS) is 16.7. The number of carbonyl (C=O) groups is 2. The summed E-state index contributed by atoms with van der Waals surface area (Å²) in [5.41, 5.74) is 2.09. The molecule has 6 heteroatoms. The fraction of sp³-hybridized carbons (Fsp3) is 0.294. The highest BCUT2D eigenvalue weighted by Gasteiger charge is 2.27. The zero-order chi connectivity index (χ0) is 16.4. The number of benzene rings is 1. The van der Waals surface area contributed by atoms with Crippen LogP contribution in [0.15, 0.2) is 34.7 Å². The van der Waals surface area contributed by atoms with Crippen LogP contribution in [0.3, 0.4) is 0 Å². The van der Waals surface area contributed by atoms with Crippen LogP contribution in [0.2, 0.25) is 0 Å². The van der Waals surface area contributed by atoms with E-state index in [1.54, 1.807) is 6.92 Å². The molecule has 1 aliphatic rings. The van der Waals surface area contributed by atoms with Crippen LogP contribution in [0.4, 0.5) is 0 Å². The van der Waals surface area contributed by atoms with E-state index in [0.717, 1.165) is 17.5 Å². The Bertz CT molecular complexity index is 749.